The number of fused-ring (bicyclic) bond motifs is 1. The molecule has 0 radical (unpaired) electrons. The number of hydrogen-bond donors (Lipinski definition) is 1. The molecule has 4 heteroatoms. The van der Waals surface area contributed by atoms with E-state index in [4.69, 9.17) is 4.74 Å². The van der Waals surface area contributed by atoms with E-state index in [2.05, 4.69) is 6.92 Å². The fourth-order valence-corrected chi connectivity index (χ4v) is 4.21. The smallest absolute Gasteiger partial charge is 0.303 e. The molecule has 1 N–H and O–H groups in total. The van der Waals surface area contributed by atoms with Crippen molar-refractivity contribution < 1.29 is 19.4 Å². The summed E-state index contributed by atoms with van der Waals surface area (Å²) >= 11 is 0. The van der Waals surface area contributed by atoms with Gasteiger partial charge in [0.2, 0.25) is 0 Å². The molecule has 0 aliphatic heterocycles. The van der Waals surface area contributed by atoms with Gasteiger partial charge in [-0.05, 0) is 35.3 Å². The molecule has 1 saturated carbocycles. The summed E-state index contributed by atoms with van der Waals surface area (Å²) in [6.45, 7) is 3.54. The van der Waals surface area contributed by atoms with Crippen LogP contribution in [0.1, 0.15) is 57.4 Å². The minimum atomic E-state index is -0.719. The minimum absolute atomic E-state index is 0.0532. The Labute approximate surface area is 172 Å². The molecule has 1 aliphatic rings. The number of rotatable bonds is 8. The number of carbonyl (C=O) groups excluding carboxylic acids is 2. The molecule has 2 aromatic carbocycles. The predicted octanol–water partition coefficient (Wildman–Crippen LogP) is 4.94. The first-order chi connectivity index (χ1) is 14.0. The molecule has 2 aromatic rings. The first-order valence-corrected chi connectivity index (χ1v) is 10.5. The first-order valence-electron chi connectivity index (χ1n) is 10.5. The van der Waals surface area contributed by atoms with Crippen LogP contribution >= 0.6 is 0 Å². The van der Waals surface area contributed by atoms with Crippen molar-refractivity contribution in [2.24, 2.45) is 5.92 Å². The maximum absolute atomic E-state index is 12.7. The van der Waals surface area contributed by atoms with Gasteiger partial charge in [-0.3, -0.25) is 9.59 Å². The third-order valence-corrected chi connectivity index (χ3v) is 5.68. The van der Waals surface area contributed by atoms with Crippen LogP contribution in [0.5, 0.6) is 0 Å². The molecule has 0 saturated heterocycles. The van der Waals surface area contributed by atoms with Crippen molar-refractivity contribution in [2.75, 3.05) is 0 Å². The van der Waals surface area contributed by atoms with E-state index < -0.39 is 6.10 Å². The molecule has 0 heterocycles. The normalized spacial score (nSPS) is 23.0. The van der Waals surface area contributed by atoms with Crippen molar-refractivity contribution in [3.63, 3.8) is 0 Å². The molecule has 29 heavy (non-hydrogen) atoms. The van der Waals surface area contributed by atoms with Gasteiger partial charge in [-0.2, -0.15) is 0 Å². The van der Waals surface area contributed by atoms with Crippen LogP contribution in [0.4, 0.5) is 0 Å². The van der Waals surface area contributed by atoms with Gasteiger partial charge in [0.1, 0.15) is 11.9 Å². The zero-order valence-corrected chi connectivity index (χ0v) is 17.2. The lowest BCUT2D eigenvalue weighted by Gasteiger charge is -2.20. The molecule has 4 atom stereocenters. The summed E-state index contributed by atoms with van der Waals surface area (Å²) in [5, 5.41) is 12.7. The first kappa shape index (κ1) is 21.3. The number of aliphatic hydroxyl groups is 1. The lowest BCUT2D eigenvalue weighted by molar-refractivity contribution is -0.144. The van der Waals surface area contributed by atoms with Gasteiger partial charge in [-0.15, -0.1) is 0 Å². The summed E-state index contributed by atoms with van der Waals surface area (Å²) in [6.07, 6.45) is 6.75. The summed E-state index contributed by atoms with van der Waals surface area (Å²) in [4.78, 5) is 24.1. The van der Waals surface area contributed by atoms with Gasteiger partial charge in [-0.25, -0.2) is 0 Å². The maximum atomic E-state index is 12.7. The third kappa shape index (κ3) is 5.33. The third-order valence-electron chi connectivity index (χ3n) is 5.68. The Bertz CT molecular complexity index is 885. The van der Waals surface area contributed by atoms with Crippen molar-refractivity contribution in [1.29, 1.82) is 0 Å². The van der Waals surface area contributed by atoms with Crippen LogP contribution in [0.2, 0.25) is 0 Å². The van der Waals surface area contributed by atoms with Gasteiger partial charge >= 0.3 is 5.97 Å². The zero-order chi connectivity index (χ0) is 20.8. The fraction of sp³-hybridized carbons (Fsp3) is 0.440. The number of ether oxygens (including phenoxy) is 1. The zero-order valence-electron chi connectivity index (χ0n) is 17.2. The number of ketones is 1. The summed E-state index contributed by atoms with van der Waals surface area (Å²) in [7, 11) is 0. The summed E-state index contributed by atoms with van der Waals surface area (Å²) in [5.74, 6) is -0.949. The van der Waals surface area contributed by atoms with Gasteiger partial charge in [0.25, 0.3) is 0 Å². The molecule has 0 aromatic heterocycles. The molecule has 4 nitrogen and oxygen atoms in total. The quantitative estimate of drug-likeness (QED) is 0.391. The average Bonchev–Trinajstić information content (AvgIpc) is 2.98. The molecule has 3 rings (SSSR count). The van der Waals surface area contributed by atoms with E-state index in [1.54, 1.807) is 0 Å². The van der Waals surface area contributed by atoms with Gasteiger partial charge in [0.05, 0.1) is 12.0 Å². The number of carbonyl (C=O) groups is 2. The van der Waals surface area contributed by atoms with Crippen LogP contribution in [0, 0.1) is 5.92 Å². The maximum Gasteiger partial charge on any atom is 0.303 e. The van der Waals surface area contributed by atoms with Crippen LogP contribution in [0.15, 0.2) is 54.6 Å². The molecule has 0 unspecified atom stereocenters. The Hall–Kier alpha value is -2.46. The predicted molar refractivity (Wildman–Crippen MR) is 115 cm³/mol. The van der Waals surface area contributed by atoms with E-state index in [0.29, 0.717) is 0 Å². The van der Waals surface area contributed by atoms with Gasteiger partial charge in [0.15, 0.2) is 0 Å². The number of unbranched alkanes of at least 4 members (excludes halogenated alkanes) is 2. The Balaban J connectivity index is 1.83. The minimum Gasteiger partial charge on any atom is -0.458 e. The topological polar surface area (TPSA) is 63.6 Å². The van der Waals surface area contributed by atoms with Crippen molar-refractivity contribution >= 4 is 22.5 Å². The highest BCUT2D eigenvalue weighted by Crippen LogP contribution is 2.39. The number of esters is 1. The second-order valence-corrected chi connectivity index (χ2v) is 7.93. The molecular formula is C25H30O4. The van der Waals surface area contributed by atoms with Crippen molar-refractivity contribution in [3.05, 3.63) is 60.2 Å². The highest BCUT2D eigenvalue weighted by atomic mass is 16.5. The lowest BCUT2D eigenvalue weighted by Crippen LogP contribution is -2.19. The van der Waals surface area contributed by atoms with Gasteiger partial charge in [0, 0.05) is 19.3 Å². The van der Waals surface area contributed by atoms with E-state index >= 15 is 0 Å². The lowest BCUT2D eigenvalue weighted by atomic mass is 9.86. The SMILES string of the molecule is CCCCC[C@@H](/C=C/[C@H]1[C@H](O)CC(=O)[C@H]1c1ccc2ccccc2c1)OC(C)=O. The highest BCUT2D eigenvalue weighted by molar-refractivity contribution is 5.91. The monoisotopic (exact) mass is 394 g/mol. The fourth-order valence-electron chi connectivity index (χ4n) is 4.21. The van der Waals surface area contributed by atoms with Gasteiger partial charge in [-0.1, -0.05) is 68.3 Å². The Morgan fingerprint density at radius 1 is 1.21 bits per heavy atom. The van der Waals surface area contributed by atoms with E-state index in [9.17, 15) is 14.7 Å². The number of aliphatic hydroxyl groups excluding tert-OH is 1. The average molecular weight is 395 g/mol. The molecule has 0 bridgehead atoms. The van der Waals surface area contributed by atoms with Crippen LogP contribution in [0.25, 0.3) is 10.8 Å². The van der Waals surface area contributed by atoms with Crippen LogP contribution in [-0.2, 0) is 14.3 Å². The van der Waals surface area contributed by atoms with E-state index in [0.717, 1.165) is 42.0 Å². The molecule has 0 spiro atoms. The number of hydrogen-bond acceptors (Lipinski definition) is 4. The number of Topliss-reactive ketones (excluding diaryl/α,β-unsaturated/α-hetero) is 1. The highest BCUT2D eigenvalue weighted by Gasteiger charge is 2.41. The molecular weight excluding hydrogens is 364 g/mol. The van der Waals surface area contributed by atoms with E-state index in [1.807, 2.05) is 54.6 Å². The van der Waals surface area contributed by atoms with Crippen molar-refractivity contribution in [1.82, 2.24) is 0 Å². The van der Waals surface area contributed by atoms with E-state index in [-0.39, 0.29) is 36.1 Å². The van der Waals surface area contributed by atoms with Gasteiger partial charge < -0.3 is 9.84 Å². The van der Waals surface area contributed by atoms with Crippen molar-refractivity contribution in [3.8, 4) is 0 Å². The second kappa shape index (κ2) is 9.84. The van der Waals surface area contributed by atoms with Crippen LogP contribution in [-0.4, -0.2) is 29.1 Å². The second-order valence-electron chi connectivity index (χ2n) is 7.93. The standard InChI is InChI=1S/C25H30O4/c1-3-4-5-10-21(29-17(2)26)13-14-22-23(27)16-24(28)25(22)20-12-11-18-8-6-7-9-19(18)15-20/h6-9,11-15,21-23,25,27H,3-5,10,16H2,1-2H3/b14-13+/t21-,22-,23+,25-/m0/s1. The van der Waals surface area contributed by atoms with Crippen LogP contribution < -0.4 is 0 Å². The Morgan fingerprint density at radius 3 is 2.69 bits per heavy atom. The summed E-state index contributed by atoms with van der Waals surface area (Å²) < 4.78 is 5.43. The largest absolute Gasteiger partial charge is 0.458 e. The van der Waals surface area contributed by atoms with Crippen LogP contribution in [0.3, 0.4) is 0 Å². The Kier molecular flexibility index (Phi) is 7.21. The molecule has 1 fully saturated rings. The Morgan fingerprint density at radius 2 is 1.97 bits per heavy atom. The molecule has 1 aliphatic carbocycles. The van der Waals surface area contributed by atoms with E-state index in [1.165, 1.54) is 6.92 Å². The number of benzene rings is 2. The molecule has 0 amide bonds. The van der Waals surface area contributed by atoms with Crippen molar-refractivity contribution in [2.45, 2.75) is 64.1 Å². The summed E-state index contributed by atoms with van der Waals surface area (Å²) in [6, 6.07) is 14.1. The summed E-state index contributed by atoms with van der Waals surface area (Å²) in [5.41, 5.74) is 0.926. The molecule has 154 valence electrons.